The summed E-state index contributed by atoms with van der Waals surface area (Å²) in [5, 5.41) is 4.13. The van der Waals surface area contributed by atoms with Gasteiger partial charge >= 0.3 is 0 Å². The van der Waals surface area contributed by atoms with E-state index in [0.29, 0.717) is 17.0 Å². The fourth-order valence-electron chi connectivity index (χ4n) is 2.73. The van der Waals surface area contributed by atoms with Crippen LogP contribution in [-0.4, -0.2) is 36.1 Å². The monoisotopic (exact) mass is 305 g/mol. The predicted molar refractivity (Wildman–Crippen MR) is 84.3 cm³/mol. The standard InChI is InChI=1S/C16H20ClN3O/c1-20(15-6-3-7-18-9-15)10-14-11-21-16(19-14)12-4-2-5-13(17)8-12/h2,4-5,8,11,15,18H,3,6-7,9-10H2,1H3. The van der Waals surface area contributed by atoms with E-state index >= 15 is 0 Å². The Labute approximate surface area is 130 Å². The van der Waals surface area contributed by atoms with E-state index in [1.165, 1.54) is 12.8 Å². The van der Waals surface area contributed by atoms with E-state index in [1.807, 2.05) is 24.3 Å². The molecule has 1 aliphatic rings. The molecule has 3 rings (SSSR count). The van der Waals surface area contributed by atoms with Crippen LogP contribution in [0.1, 0.15) is 18.5 Å². The average molecular weight is 306 g/mol. The summed E-state index contributed by atoms with van der Waals surface area (Å²) >= 11 is 6.00. The number of halogens is 1. The van der Waals surface area contributed by atoms with Crippen LogP contribution >= 0.6 is 11.6 Å². The molecule has 5 heteroatoms. The first kappa shape index (κ1) is 14.6. The number of hydrogen-bond acceptors (Lipinski definition) is 4. The van der Waals surface area contributed by atoms with E-state index in [0.717, 1.165) is 30.9 Å². The molecule has 4 nitrogen and oxygen atoms in total. The van der Waals surface area contributed by atoms with E-state index in [2.05, 4.69) is 22.2 Å². The number of nitrogens with one attached hydrogen (secondary N) is 1. The van der Waals surface area contributed by atoms with E-state index in [4.69, 9.17) is 16.0 Å². The predicted octanol–water partition coefficient (Wildman–Crippen LogP) is 3.18. The highest BCUT2D eigenvalue weighted by Crippen LogP contribution is 2.22. The lowest BCUT2D eigenvalue weighted by Gasteiger charge is -2.31. The first-order valence-corrected chi connectivity index (χ1v) is 7.71. The molecule has 0 aliphatic carbocycles. The van der Waals surface area contributed by atoms with Crippen molar-refractivity contribution in [3.8, 4) is 11.5 Å². The number of likely N-dealkylation sites (N-methyl/N-ethyl adjacent to an activating group) is 1. The Morgan fingerprint density at radius 1 is 1.48 bits per heavy atom. The van der Waals surface area contributed by atoms with Crippen LogP contribution in [0.25, 0.3) is 11.5 Å². The molecule has 0 amide bonds. The van der Waals surface area contributed by atoms with Crippen molar-refractivity contribution in [3.05, 3.63) is 41.2 Å². The van der Waals surface area contributed by atoms with Gasteiger partial charge in [-0.25, -0.2) is 4.98 Å². The second-order valence-electron chi connectivity index (χ2n) is 5.57. The van der Waals surface area contributed by atoms with Gasteiger partial charge in [-0.3, -0.25) is 4.90 Å². The molecular weight excluding hydrogens is 286 g/mol. The fourth-order valence-corrected chi connectivity index (χ4v) is 2.92. The maximum atomic E-state index is 6.00. The van der Waals surface area contributed by atoms with Crippen LogP contribution in [0.4, 0.5) is 0 Å². The van der Waals surface area contributed by atoms with Crippen molar-refractivity contribution in [3.63, 3.8) is 0 Å². The molecule has 0 radical (unpaired) electrons. The maximum Gasteiger partial charge on any atom is 0.226 e. The Bertz CT molecular complexity index is 593. The zero-order valence-corrected chi connectivity index (χ0v) is 12.9. The van der Waals surface area contributed by atoms with Crippen LogP contribution in [0.5, 0.6) is 0 Å². The molecule has 1 N–H and O–H groups in total. The van der Waals surface area contributed by atoms with Crippen molar-refractivity contribution in [2.75, 3.05) is 20.1 Å². The second kappa shape index (κ2) is 6.60. The third-order valence-electron chi connectivity index (χ3n) is 3.93. The molecule has 1 atom stereocenters. The summed E-state index contributed by atoms with van der Waals surface area (Å²) < 4.78 is 5.58. The van der Waals surface area contributed by atoms with Gasteiger partial charge in [-0.05, 0) is 44.6 Å². The fraction of sp³-hybridized carbons (Fsp3) is 0.438. The van der Waals surface area contributed by atoms with Gasteiger partial charge in [-0.1, -0.05) is 17.7 Å². The van der Waals surface area contributed by atoms with Crippen LogP contribution in [0, 0.1) is 0 Å². The highest BCUT2D eigenvalue weighted by atomic mass is 35.5. The van der Waals surface area contributed by atoms with Gasteiger partial charge in [0.2, 0.25) is 5.89 Å². The van der Waals surface area contributed by atoms with Gasteiger partial charge in [0.1, 0.15) is 6.26 Å². The van der Waals surface area contributed by atoms with E-state index in [1.54, 1.807) is 6.26 Å². The Morgan fingerprint density at radius 2 is 2.38 bits per heavy atom. The quantitative estimate of drug-likeness (QED) is 0.942. The molecule has 1 unspecified atom stereocenters. The lowest BCUT2D eigenvalue weighted by Crippen LogP contribution is -2.43. The smallest absolute Gasteiger partial charge is 0.226 e. The minimum absolute atomic E-state index is 0.574. The van der Waals surface area contributed by atoms with Gasteiger partial charge in [-0.2, -0.15) is 0 Å². The summed E-state index contributed by atoms with van der Waals surface area (Å²) in [6.45, 7) is 2.99. The van der Waals surface area contributed by atoms with Crippen molar-refractivity contribution in [2.45, 2.75) is 25.4 Å². The lowest BCUT2D eigenvalue weighted by atomic mass is 10.1. The topological polar surface area (TPSA) is 41.3 Å². The molecule has 1 aliphatic heterocycles. The number of piperidine rings is 1. The second-order valence-corrected chi connectivity index (χ2v) is 6.01. The summed E-state index contributed by atoms with van der Waals surface area (Å²) in [4.78, 5) is 6.91. The number of hydrogen-bond donors (Lipinski definition) is 1. The molecule has 1 saturated heterocycles. The third-order valence-corrected chi connectivity index (χ3v) is 4.16. The van der Waals surface area contributed by atoms with Crippen molar-refractivity contribution >= 4 is 11.6 Å². The highest BCUT2D eigenvalue weighted by molar-refractivity contribution is 6.30. The molecule has 0 spiro atoms. The zero-order valence-electron chi connectivity index (χ0n) is 12.2. The van der Waals surface area contributed by atoms with Gasteiger partial charge in [0.15, 0.2) is 0 Å². The number of aromatic nitrogens is 1. The van der Waals surface area contributed by atoms with Crippen molar-refractivity contribution in [1.82, 2.24) is 15.2 Å². The Balaban J connectivity index is 1.67. The number of nitrogens with zero attached hydrogens (tertiary/aromatic N) is 2. The van der Waals surface area contributed by atoms with Crippen LogP contribution in [0.3, 0.4) is 0 Å². The van der Waals surface area contributed by atoms with Crippen LogP contribution in [-0.2, 0) is 6.54 Å². The Morgan fingerprint density at radius 3 is 3.14 bits per heavy atom. The first-order valence-electron chi connectivity index (χ1n) is 7.33. The molecule has 2 aromatic rings. The van der Waals surface area contributed by atoms with Gasteiger partial charge in [0, 0.05) is 29.7 Å². The molecule has 2 heterocycles. The number of rotatable bonds is 4. The number of oxazole rings is 1. The van der Waals surface area contributed by atoms with Gasteiger partial charge < -0.3 is 9.73 Å². The van der Waals surface area contributed by atoms with Crippen LogP contribution in [0.2, 0.25) is 5.02 Å². The first-order chi connectivity index (χ1) is 10.2. The van der Waals surface area contributed by atoms with Crippen molar-refractivity contribution in [2.24, 2.45) is 0 Å². The summed E-state index contributed by atoms with van der Waals surface area (Å²) in [6.07, 6.45) is 4.22. The van der Waals surface area contributed by atoms with Crippen molar-refractivity contribution < 1.29 is 4.42 Å². The summed E-state index contributed by atoms with van der Waals surface area (Å²) in [6, 6.07) is 8.15. The SMILES string of the molecule is CN(Cc1coc(-c2cccc(Cl)c2)n1)C1CCCNC1. The van der Waals surface area contributed by atoms with Crippen LogP contribution in [0.15, 0.2) is 34.9 Å². The van der Waals surface area contributed by atoms with Gasteiger partial charge in [0.25, 0.3) is 0 Å². The molecule has 0 saturated carbocycles. The highest BCUT2D eigenvalue weighted by Gasteiger charge is 2.19. The average Bonchev–Trinajstić information content (AvgIpc) is 2.97. The van der Waals surface area contributed by atoms with E-state index in [9.17, 15) is 0 Å². The van der Waals surface area contributed by atoms with E-state index in [-0.39, 0.29) is 0 Å². The minimum atomic E-state index is 0.574. The lowest BCUT2D eigenvalue weighted by molar-refractivity contribution is 0.194. The molecule has 1 aromatic carbocycles. The van der Waals surface area contributed by atoms with Crippen LogP contribution < -0.4 is 5.32 Å². The Hall–Kier alpha value is -1.36. The minimum Gasteiger partial charge on any atom is -0.444 e. The Kier molecular flexibility index (Phi) is 4.58. The number of benzene rings is 1. The van der Waals surface area contributed by atoms with Gasteiger partial charge in [0.05, 0.1) is 5.69 Å². The molecule has 1 fully saturated rings. The largest absolute Gasteiger partial charge is 0.444 e. The molecule has 112 valence electrons. The summed E-state index contributed by atoms with van der Waals surface area (Å²) in [5.74, 6) is 0.627. The normalized spacial score (nSPS) is 19.1. The van der Waals surface area contributed by atoms with E-state index < -0.39 is 0 Å². The summed E-state index contributed by atoms with van der Waals surface area (Å²) in [5.41, 5.74) is 1.87. The van der Waals surface area contributed by atoms with Crippen molar-refractivity contribution in [1.29, 1.82) is 0 Å². The molecule has 1 aromatic heterocycles. The molecular formula is C16H20ClN3O. The maximum absolute atomic E-state index is 6.00. The molecule has 0 bridgehead atoms. The zero-order chi connectivity index (χ0) is 14.7. The summed E-state index contributed by atoms with van der Waals surface area (Å²) in [7, 11) is 2.14. The third kappa shape index (κ3) is 3.64. The van der Waals surface area contributed by atoms with Gasteiger partial charge in [-0.15, -0.1) is 0 Å². The molecule has 21 heavy (non-hydrogen) atoms.